The van der Waals surface area contributed by atoms with Crippen LogP contribution in [0.2, 0.25) is 0 Å². The number of amides is 1. The van der Waals surface area contributed by atoms with Gasteiger partial charge in [-0.05, 0) is 43.9 Å². The molecule has 3 aromatic rings. The number of anilines is 1. The van der Waals surface area contributed by atoms with Crippen molar-refractivity contribution in [2.75, 3.05) is 11.1 Å². The lowest BCUT2D eigenvalue weighted by Gasteiger charge is -2.06. The largest absolute Gasteiger partial charge is 0.319 e. The molecule has 0 atom stereocenters. The second-order valence-electron chi connectivity index (χ2n) is 6.14. The number of thiophene rings is 1. The lowest BCUT2D eigenvalue weighted by Crippen LogP contribution is -2.14. The van der Waals surface area contributed by atoms with E-state index in [1.807, 2.05) is 24.3 Å². The number of fused-ring (bicyclic) bond motifs is 2. The molecule has 0 radical (unpaired) electrons. The number of benzene rings is 1. The molecule has 0 fully saturated rings. The summed E-state index contributed by atoms with van der Waals surface area (Å²) >= 11 is 2.98. The summed E-state index contributed by atoms with van der Waals surface area (Å²) in [5.74, 6) is 0.178. The fraction of sp³-hybridized carbons (Fsp3) is 0.316. The summed E-state index contributed by atoms with van der Waals surface area (Å²) in [4.78, 5) is 18.3. The van der Waals surface area contributed by atoms with E-state index >= 15 is 0 Å². The first-order valence-electron chi connectivity index (χ1n) is 8.63. The molecule has 1 aliphatic carbocycles. The number of imidazole rings is 1. The van der Waals surface area contributed by atoms with Crippen molar-refractivity contribution in [2.24, 2.45) is 0 Å². The molecule has 1 aromatic carbocycles. The van der Waals surface area contributed by atoms with Crippen molar-refractivity contribution in [3.05, 3.63) is 40.3 Å². The summed E-state index contributed by atoms with van der Waals surface area (Å²) in [7, 11) is 0. The number of hydrogen-bond donors (Lipinski definition) is 1. The van der Waals surface area contributed by atoms with Crippen LogP contribution in [0.15, 0.2) is 29.4 Å². The summed E-state index contributed by atoms with van der Waals surface area (Å²) in [6, 6.07) is 10.3. The highest BCUT2D eigenvalue weighted by Crippen LogP contribution is 2.38. The molecule has 132 valence electrons. The van der Waals surface area contributed by atoms with E-state index in [2.05, 4.69) is 27.9 Å². The van der Waals surface area contributed by atoms with Crippen molar-refractivity contribution in [3.8, 4) is 6.07 Å². The van der Waals surface area contributed by atoms with Crippen molar-refractivity contribution in [2.45, 2.75) is 37.9 Å². The zero-order valence-electron chi connectivity index (χ0n) is 14.4. The fourth-order valence-electron chi connectivity index (χ4n) is 3.37. The lowest BCUT2D eigenvalue weighted by atomic mass is 10.1. The van der Waals surface area contributed by atoms with Crippen molar-refractivity contribution in [1.82, 2.24) is 9.55 Å². The van der Waals surface area contributed by atoms with Gasteiger partial charge in [0.25, 0.3) is 0 Å². The topological polar surface area (TPSA) is 70.7 Å². The van der Waals surface area contributed by atoms with Crippen LogP contribution in [0.4, 0.5) is 5.00 Å². The maximum Gasteiger partial charge on any atom is 0.235 e. The number of aryl methyl sites for hydroxylation is 2. The quantitative estimate of drug-likeness (QED) is 0.671. The van der Waals surface area contributed by atoms with Gasteiger partial charge in [0.2, 0.25) is 5.91 Å². The van der Waals surface area contributed by atoms with Gasteiger partial charge in [0, 0.05) is 11.4 Å². The number of para-hydroxylation sites is 2. The van der Waals surface area contributed by atoms with E-state index in [1.165, 1.54) is 16.6 Å². The molecule has 4 rings (SSSR count). The second kappa shape index (κ2) is 7.14. The highest BCUT2D eigenvalue weighted by atomic mass is 32.2. The number of nitriles is 1. The van der Waals surface area contributed by atoms with E-state index in [1.54, 1.807) is 11.3 Å². The van der Waals surface area contributed by atoms with Crippen molar-refractivity contribution < 1.29 is 4.79 Å². The van der Waals surface area contributed by atoms with Gasteiger partial charge in [0.15, 0.2) is 5.16 Å². The number of hydrogen-bond acceptors (Lipinski definition) is 5. The van der Waals surface area contributed by atoms with E-state index in [0.29, 0.717) is 10.6 Å². The number of carbonyl (C=O) groups excluding carboxylic acids is 1. The highest BCUT2D eigenvalue weighted by molar-refractivity contribution is 7.99. The summed E-state index contributed by atoms with van der Waals surface area (Å²) in [6.45, 7) is 2.88. The maximum absolute atomic E-state index is 12.4. The second-order valence-corrected chi connectivity index (χ2v) is 8.19. The molecular formula is C19H18N4OS2. The smallest absolute Gasteiger partial charge is 0.235 e. The average Bonchev–Trinajstić information content (AvgIpc) is 3.31. The van der Waals surface area contributed by atoms with Crippen molar-refractivity contribution in [3.63, 3.8) is 0 Å². The molecule has 2 heterocycles. The maximum atomic E-state index is 12.4. The van der Waals surface area contributed by atoms with Crippen LogP contribution in [0, 0.1) is 11.3 Å². The first kappa shape index (κ1) is 17.1. The zero-order valence-corrected chi connectivity index (χ0v) is 16.0. The SMILES string of the molecule is CCn1c(SCC(=O)Nc2sc3c(c2C#N)CCC3)nc2ccccc21. The Morgan fingerprint density at radius 1 is 1.42 bits per heavy atom. The van der Waals surface area contributed by atoms with Gasteiger partial charge in [-0.15, -0.1) is 11.3 Å². The highest BCUT2D eigenvalue weighted by Gasteiger charge is 2.23. The Morgan fingerprint density at radius 2 is 2.27 bits per heavy atom. The van der Waals surface area contributed by atoms with Gasteiger partial charge < -0.3 is 9.88 Å². The molecule has 0 saturated carbocycles. The zero-order chi connectivity index (χ0) is 18.1. The molecule has 5 nitrogen and oxygen atoms in total. The third-order valence-electron chi connectivity index (χ3n) is 4.55. The van der Waals surface area contributed by atoms with Gasteiger partial charge in [-0.1, -0.05) is 23.9 Å². The molecule has 0 spiro atoms. The number of thioether (sulfide) groups is 1. The Kier molecular flexibility index (Phi) is 4.70. The van der Waals surface area contributed by atoms with Crippen molar-refractivity contribution in [1.29, 1.82) is 5.26 Å². The number of nitrogens with one attached hydrogen (secondary N) is 1. The molecule has 0 unspecified atom stereocenters. The molecular weight excluding hydrogens is 364 g/mol. The first-order chi connectivity index (χ1) is 12.7. The van der Waals surface area contributed by atoms with E-state index in [9.17, 15) is 10.1 Å². The monoisotopic (exact) mass is 382 g/mol. The van der Waals surface area contributed by atoms with Gasteiger partial charge in [-0.2, -0.15) is 5.26 Å². The predicted molar refractivity (Wildman–Crippen MR) is 106 cm³/mol. The molecule has 0 saturated heterocycles. The number of nitrogens with zero attached hydrogens (tertiary/aromatic N) is 3. The third kappa shape index (κ3) is 3.00. The summed E-state index contributed by atoms with van der Waals surface area (Å²) < 4.78 is 2.12. The molecule has 7 heteroatoms. The summed E-state index contributed by atoms with van der Waals surface area (Å²) in [5, 5.41) is 13.9. The number of rotatable bonds is 5. The van der Waals surface area contributed by atoms with Crippen LogP contribution in [0.1, 0.15) is 29.3 Å². The molecule has 0 bridgehead atoms. The van der Waals surface area contributed by atoms with E-state index < -0.39 is 0 Å². The van der Waals surface area contributed by atoms with Crippen LogP contribution in [-0.4, -0.2) is 21.2 Å². The summed E-state index contributed by atoms with van der Waals surface area (Å²) in [6.07, 6.45) is 3.06. The van der Waals surface area contributed by atoms with Crippen LogP contribution in [0.3, 0.4) is 0 Å². The first-order valence-corrected chi connectivity index (χ1v) is 10.4. The van der Waals surface area contributed by atoms with Gasteiger partial charge >= 0.3 is 0 Å². The average molecular weight is 383 g/mol. The fourth-order valence-corrected chi connectivity index (χ4v) is 5.51. The molecule has 0 aliphatic heterocycles. The minimum absolute atomic E-state index is 0.0962. The molecule has 26 heavy (non-hydrogen) atoms. The Bertz CT molecular complexity index is 1030. The van der Waals surface area contributed by atoms with E-state index in [0.717, 1.165) is 47.6 Å². The Morgan fingerprint density at radius 3 is 3.08 bits per heavy atom. The van der Waals surface area contributed by atoms with Crippen LogP contribution in [0.25, 0.3) is 11.0 Å². The Hall–Kier alpha value is -2.30. The van der Waals surface area contributed by atoms with Gasteiger partial charge in [-0.25, -0.2) is 4.98 Å². The molecule has 1 amide bonds. The molecule has 1 N–H and O–H groups in total. The number of carbonyl (C=O) groups is 1. The predicted octanol–water partition coefficient (Wildman–Crippen LogP) is 4.21. The third-order valence-corrected chi connectivity index (χ3v) is 6.74. The van der Waals surface area contributed by atoms with Crippen LogP contribution < -0.4 is 5.32 Å². The number of aromatic nitrogens is 2. The van der Waals surface area contributed by atoms with Gasteiger partial charge in [0.1, 0.15) is 11.1 Å². The normalized spacial score (nSPS) is 12.9. The van der Waals surface area contributed by atoms with E-state index in [-0.39, 0.29) is 11.7 Å². The van der Waals surface area contributed by atoms with Crippen molar-refractivity contribution >= 4 is 45.0 Å². The minimum Gasteiger partial charge on any atom is -0.319 e. The lowest BCUT2D eigenvalue weighted by molar-refractivity contribution is -0.113. The van der Waals surface area contributed by atoms with Crippen LogP contribution in [-0.2, 0) is 24.2 Å². The van der Waals surface area contributed by atoms with Crippen LogP contribution in [0.5, 0.6) is 0 Å². The standard InChI is InChI=1S/C19H18N4OS2/c1-2-23-15-8-4-3-7-14(15)21-19(23)25-11-17(24)22-18-13(10-20)12-6-5-9-16(12)26-18/h3-4,7-8H,2,5-6,9,11H2,1H3,(H,22,24). The Balaban J connectivity index is 1.48. The van der Waals surface area contributed by atoms with E-state index in [4.69, 9.17) is 0 Å². The van der Waals surface area contributed by atoms with Gasteiger partial charge in [-0.3, -0.25) is 4.79 Å². The Labute approximate surface area is 160 Å². The minimum atomic E-state index is -0.0962. The molecule has 1 aliphatic rings. The van der Waals surface area contributed by atoms with Crippen LogP contribution >= 0.6 is 23.1 Å². The summed E-state index contributed by atoms with van der Waals surface area (Å²) in [5.41, 5.74) is 3.81. The molecule has 2 aromatic heterocycles. The van der Waals surface area contributed by atoms with Gasteiger partial charge in [0.05, 0.1) is 22.3 Å².